The summed E-state index contributed by atoms with van der Waals surface area (Å²) in [4.78, 5) is 30.9. The molecule has 142 valence electrons. The number of nitrogens with zero attached hydrogens (tertiary/aromatic N) is 4. The van der Waals surface area contributed by atoms with E-state index < -0.39 is 0 Å². The highest BCUT2D eigenvalue weighted by Crippen LogP contribution is 2.19. The fraction of sp³-hybridized carbons (Fsp3) is 0.500. The predicted octanol–water partition coefficient (Wildman–Crippen LogP) is 2.09. The van der Waals surface area contributed by atoms with Crippen LogP contribution in [0.2, 0.25) is 0 Å². The van der Waals surface area contributed by atoms with E-state index in [2.05, 4.69) is 15.4 Å². The Balaban J connectivity index is 1.44. The predicted molar refractivity (Wildman–Crippen MR) is 101 cm³/mol. The van der Waals surface area contributed by atoms with Crippen LogP contribution in [0.15, 0.2) is 35.4 Å². The zero-order valence-electron chi connectivity index (χ0n) is 15.4. The Morgan fingerprint density at radius 2 is 2.11 bits per heavy atom. The van der Waals surface area contributed by atoms with Crippen LogP contribution < -0.4 is 10.9 Å². The largest absolute Gasteiger partial charge is 0.335 e. The van der Waals surface area contributed by atoms with Gasteiger partial charge in [0.1, 0.15) is 0 Å². The van der Waals surface area contributed by atoms with Gasteiger partial charge in [-0.05, 0) is 24.5 Å². The molecule has 0 saturated heterocycles. The Hall–Kier alpha value is -2.70. The molecule has 1 aliphatic heterocycles. The molecule has 3 heterocycles. The van der Waals surface area contributed by atoms with E-state index in [1.165, 1.54) is 23.9 Å². The average molecular weight is 367 g/mol. The van der Waals surface area contributed by atoms with Gasteiger partial charge in [-0.25, -0.2) is 9.48 Å². The number of urea groups is 1. The number of nitrogens with one attached hydrogen (secondary N) is 1. The number of carbonyl (C=O) groups is 1. The van der Waals surface area contributed by atoms with E-state index in [1.54, 1.807) is 23.4 Å². The molecule has 0 unspecified atom stereocenters. The maximum absolute atomic E-state index is 12.6. The third kappa shape index (κ3) is 4.18. The Morgan fingerprint density at radius 1 is 1.26 bits per heavy atom. The van der Waals surface area contributed by atoms with E-state index >= 15 is 0 Å². The van der Waals surface area contributed by atoms with Crippen LogP contribution in [0.1, 0.15) is 48.9 Å². The average Bonchev–Trinajstić information content (AvgIpc) is 2.70. The first-order valence-electron chi connectivity index (χ1n) is 9.73. The minimum absolute atomic E-state index is 0.0212. The highest BCUT2D eigenvalue weighted by atomic mass is 16.2. The molecule has 0 radical (unpaired) electrons. The van der Waals surface area contributed by atoms with Crippen molar-refractivity contribution in [3.05, 3.63) is 57.8 Å². The van der Waals surface area contributed by atoms with Crippen molar-refractivity contribution in [3.8, 4) is 0 Å². The Bertz CT molecular complexity index is 858. The molecule has 1 aliphatic carbocycles. The van der Waals surface area contributed by atoms with Gasteiger partial charge >= 0.3 is 6.03 Å². The van der Waals surface area contributed by atoms with Gasteiger partial charge in [0, 0.05) is 49.6 Å². The molecular formula is C20H25N5O2. The van der Waals surface area contributed by atoms with Crippen molar-refractivity contribution in [3.63, 3.8) is 0 Å². The second kappa shape index (κ2) is 7.90. The van der Waals surface area contributed by atoms with Crippen molar-refractivity contribution >= 4 is 6.03 Å². The second-order valence-electron chi connectivity index (χ2n) is 7.43. The van der Waals surface area contributed by atoms with Crippen LogP contribution in [0.4, 0.5) is 4.79 Å². The molecule has 1 N–H and O–H groups in total. The van der Waals surface area contributed by atoms with Crippen LogP contribution in [-0.2, 0) is 19.5 Å². The maximum atomic E-state index is 12.6. The third-order valence-corrected chi connectivity index (χ3v) is 5.42. The number of pyridine rings is 1. The van der Waals surface area contributed by atoms with E-state index in [0.29, 0.717) is 32.1 Å². The van der Waals surface area contributed by atoms with Gasteiger partial charge in [0.15, 0.2) is 0 Å². The molecule has 2 aromatic rings. The van der Waals surface area contributed by atoms with Crippen molar-refractivity contribution in [1.29, 1.82) is 0 Å². The van der Waals surface area contributed by atoms with E-state index in [1.807, 2.05) is 12.1 Å². The molecule has 27 heavy (non-hydrogen) atoms. The molecule has 1 fully saturated rings. The first-order valence-corrected chi connectivity index (χ1v) is 9.73. The number of hydrogen-bond acceptors (Lipinski definition) is 4. The Labute approximate surface area is 158 Å². The second-order valence-corrected chi connectivity index (χ2v) is 7.43. The summed E-state index contributed by atoms with van der Waals surface area (Å²) in [5, 5.41) is 7.69. The van der Waals surface area contributed by atoms with Crippen molar-refractivity contribution in [2.45, 2.75) is 57.7 Å². The summed E-state index contributed by atoms with van der Waals surface area (Å²) in [7, 11) is 0. The van der Waals surface area contributed by atoms with Crippen LogP contribution in [0.25, 0.3) is 0 Å². The summed E-state index contributed by atoms with van der Waals surface area (Å²) in [6.07, 6.45) is 9.89. The first-order chi connectivity index (χ1) is 13.2. The van der Waals surface area contributed by atoms with Crippen LogP contribution in [0.5, 0.6) is 0 Å². The number of hydrogen-bond donors (Lipinski definition) is 1. The van der Waals surface area contributed by atoms with Gasteiger partial charge in [-0.3, -0.25) is 9.78 Å². The normalized spacial score (nSPS) is 17.4. The molecule has 7 heteroatoms. The minimum Gasteiger partial charge on any atom is -0.335 e. The fourth-order valence-corrected chi connectivity index (χ4v) is 3.90. The highest BCUT2D eigenvalue weighted by Gasteiger charge is 2.25. The minimum atomic E-state index is -0.146. The number of fused-ring (bicyclic) bond motifs is 1. The maximum Gasteiger partial charge on any atom is 0.317 e. The summed E-state index contributed by atoms with van der Waals surface area (Å²) in [6, 6.07) is 5.67. The molecule has 2 aliphatic rings. The smallest absolute Gasteiger partial charge is 0.317 e. The van der Waals surface area contributed by atoms with Gasteiger partial charge < -0.3 is 10.2 Å². The van der Waals surface area contributed by atoms with E-state index in [0.717, 1.165) is 29.7 Å². The van der Waals surface area contributed by atoms with Gasteiger partial charge in [0.25, 0.3) is 5.56 Å². The van der Waals surface area contributed by atoms with E-state index in [4.69, 9.17) is 0 Å². The third-order valence-electron chi connectivity index (χ3n) is 5.42. The lowest BCUT2D eigenvalue weighted by Crippen LogP contribution is -2.47. The lowest BCUT2D eigenvalue weighted by molar-refractivity contribution is 0.184. The monoisotopic (exact) mass is 367 g/mol. The van der Waals surface area contributed by atoms with Gasteiger partial charge in [-0.15, -0.1) is 0 Å². The molecule has 0 aromatic carbocycles. The first kappa shape index (κ1) is 17.7. The fourth-order valence-electron chi connectivity index (χ4n) is 3.90. The summed E-state index contributed by atoms with van der Waals surface area (Å²) in [6.45, 7) is 1.49. The summed E-state index contributed by atoms with van der Waals surface area (Å²) in [5.74, 6) is 0. The van der Waals surface area contributed by atoms with Crippen molar-refractivity contribution in [2.24, 2.45) is 0 Å². The molecule has 0 spiro atoms. The quantitative estimate of drug-likeness (QED) is 0.901. The van der Waals surface area contributed by atoms with Gasteiger partial charge in [-0.1, -0.05) is 25.3 Å². The van der Waals surface area contributed by atoms with Gasteiger partial charge in [0.2, 0.25) is 0 Å². The standard InChI is InChI=1S/C20H25N5O2/c26-19-11-16-14-24(20(27)22-17-6-2-1-3-7-17)10-8-18(16)23-25(19)13-15-5-4-9-21-12-15/h4-5,9,11-12,17H,1-3,6-8,10,13-14H2,(H,22,27). The molecule has 2 amide bonds. The molecule has 4 rings (SSSR count). The number of amides is 2. The zero-order chi connectivity index (χ0) is 18.6. The molecule has 0 atom stereocenters. The highest BCUT2D eigenvalue weighted by molar-refractivity contribution is 5.74. The summed E-state index contributed by atoms with van der Waals surface area (Å²) < 4.78 is 1.48. The molecule has 7 nitrogen and oxygen atoms in total. The Morgan fingerprint density at radius 3 is 2.89 bits per heavy atom. The van der Waals surface area contributed by atoms with Crippen molar-refractivity contribution < 1.29 is 4.79 Å². The van der Waals surface area contributed by atoms with E-state index in [9.17, 15) is 9.59 Å². The SMILES string of the molecule is O=C(NC1CCCCC1)N1CCc2nn(Cc3cccnc3)c(=O)cc2C1. The lowest BCUT2D eigenvalue weighted by atomic mass is 9.96. The number of aromatic nitrogens is 3. The summed E-state index contributed by atoms with van der Waals surface area (Å²) in [5.41, 5.74) is 2.55. The van der Waals surface area contributed by atoms with Gasteiger partial charge in [0.05, 0.1) is 12.2 Å². The molecule has 2 aromatic heterocycles. The topological polar surface area (TPSA) is 80.1 Å². The van der Waals surface area contributed by atoms with Crippen LogP contribution >= 0.6 is 0 Å². The number of carbonyl (C=O) groups excluding carboxylic acids is 1. The van der Waals surface area contributed by atoms with E-state index in [-0.39, 0.29) is 11.6 Å². The van der Waals surface area contributed by atoms with Crippen LogP contribution in [0.3, 0.4) is 0 Å². The van der Waals surface area contributed by atoms with Crippen molar-refractivity contribution in [2.75, 3.05) is 6.54 Å². The van der Waals surface area contributed by atoms with Crippen molar-refractivity contribution in [1.82, 2.24) is 25.0 Å². The van der Waals surface area contributed by atoms with Crippen LogP contribution in [0, 0.1) is 0 Å². The molecule has 1 saturated carbocycles. The lowest BCUT2D eigenvalue weighted by Gasteiger charge is -2.31. The summed E-state index contributed by atoms with van der Waals surface area (Å²) >= 11 is 0. The molecule has 0 bridgehead atoms. The van der Waals surface area contributed by atoms with Gasteiger partial charge in [-0.2, -0.15) is 5.10 Å². The Kier molecular flexibility index (Phi) is 5.18. The van der Waals surface area contributed by atoms with Crippen LogP contribution in [-0.4, -0.2) is 38.3 Å². The molecular weight excluding hydrogens is 342 g/mol. The zero-order valence-corrected chi connectivity index (χ0v) is 15.4. The number of rotatable bonds is 3.